The van der Waals surface area contributed by atoms with Crippen molar-refractivity contribution in [2.75, 3.05) is 18.0 Å². The topological polar surface area (TPSA) is 73.7 Å². The number of phenolic OH excluding ortho intramolecular Hbond substituents is 1. The van der Waals surface area contributed by atoms with E-state index in [0.717, 1.165) is 22.1 Å². The maximum atomic E-state index is 14.4. The van der Waals surface area contributed by atoms with E-state index in [9.17, 15) is 18.7 Å². The zero-order valence-electron chi connectivity index (χ0n) is 16.0. The number of nitrogens with zero attached hydrogens (tertiary/aromatic N) is 2. The minimum Gasteiger partial charge on any atom is -0.508 e. The predicted octanol–water partition coefficient (Wildman–Crippen LogP) is 4.48. The van der Waals surface area contributed by atoms with Crippen molar-refractivity contribution in [1.82, 2.24) is 4.98 Å². The molecule has 0 radical (unpaired) electrons. The first kappa shape index (κ1) is 19.1. The minimum absolute atomic E-state index is 0.0183. The van der Waals surface area contributed by atoms with E-state index in [0.29, 0.717) is 11.3 Å². The van der Waals surface area contributed by atoms with Gasteiger partial charge in [0, 0.05) is 17.0 Å². The second kappa shape index (κ2) is 6.69. The van der Waals surface area contributed by atoms with Crippen LogP contribution in [0.4, 0.5) is 14.6 Å². The smallest absolute Gasteiger partial charge is 0.345 e. The fourth-order valence-corrected chi connectivity index (χ4v) is 3.81. The highest BCUT2D eigenvalue weighted by Gasteiger charge is 2.51. The summed E-state index contributed by atoms with van der Waals surface area (Å²) in [4.78, 5) is 17.4. The number of phenols is 1. The lowest BCUT2D eigenvalue weighted by atomic mass is 9.87. The van der Waals surface area contributed by atoms with Crippen molar-refractivity contribution >= 4 is 22.7 Å². The van der Waals surface area contributed by atoms with Gasteiger partial charge < -0.3 is 15.1 Å². The first-order valence-electron chi connectivity index (χ1n) is 9.29. The number of aliphatic carboxylic acids is 1. The van der Waals surface area contributed by atoms with E-state index in [1.165, 1.54) is 18.2 Å². The van der Waals surface area contributed by atoms with Gasteiger partial charge in [0.2, 0.25) is 5.67 Å². The molecule has 1 aliphatic heterocycles. The van der Waals surface area contributed by atoms with Crippen LogP contribution in [0.5, 0.6) is 5.75 Å². The Hall–Kier alpha value is -3.22. The van der Waals surface area contributed by atoms with Crippen molar-refractivity contribution < 1.29 is 23.8 Å². The van der Waals surface area contributed by atoms with E-state index in [-0.39, 0.29) is 30.6 Å². The van der Waals surface area contributed by atoms with Crippen LogP contribution in [0.1, 0.15) is 25.3 Å². The summed E-state index contributed by atoms with van der Waals surface area (Å²) in [6, 6.07) is 10.9. The summed E-state index contributed by atoms with van der Waals surface area (Å²) in [6.07, 6.45) is 0. The molecule has 1 fully saturated rings. The van der Waals surface area contributed by atoms with Crippen LogP contribution >= 0.6 is 0 Å². The third kappa shape index (κ3) is 3.16. The first-order valence-corrected chi connectivity index (χ1v) is 9.29. The van der Waals surface area contributed by atoms with E-state index in [2.05, 4.69) is 4.98 Å². The predicted molar refractivity (Wildman–Crippen MR) is 107 cm³/mol. The van der Waals surface area contributed by atoms with E-state index in [1.54, 1.807) is 29.2 Å². The summed E-state index contributed by atoms with van der Waals surface area (Å²) in [5.41, 5.74) is 0.587. The molecule has 0 bridgehead atoms. The Morgan fingerprint density at radius 3 is 2.41 bits per heavy atom. The molecule has 5 nitrogen and oxygen atoms in total. The summed E-state index contributed by atoms with van der Waals surface area (Å²) in [5, 5.41) is 19.8. The number of carboxylic acid groups (broad SMARTS) is 1. The summed E-state index contributed by atoms with van der Waals surface area (Å²) >= 11 is 0. The molecule has 0 spiro atoms. The Kier molecular flexibility index (Phi) is 4.41. The summed E-state index contributed by atoms with van der Waals surface area (Å²) < 4.78 is 27.9. The average Bonchev–Trinajstić information content (AvgIpc) is 2.64. The number of alkyl halides is 1. The number of aromatic hydroxyl groups is 1. The average molecular weight is 398 g/mol. The van der Waals surface area contributed by atoms with E-state index in [1.807, 2.05) is 13.8 Å². The highest BCUT2D eigenvalue weighted by atomic mass is 19.1. The van der Waals surface area contributed by atoms with Gasteiger partial charge in [-0.05, 0) is 41.3 Å². The van der Waals surface area contributed by atoms with Crippen molar-refractivity contribution in [3.05, 3.63) is 53.8 Å². The number of aromatic nitrogens is 1. The molecule has 1 saturated heterocycles. The van der Waals surface area contributed by atoms with Gasteiger partial charge in [-0.25, -0.2) is 18.6 Å². The second-order valence-electron chi connectivity index (χ2n) is 7.71. The first-order chi connectivity index (χ1) is 13.7. The lowest BCUT2D eigenvalue weighted by Gasteiger charge is -2.43. The molecule has 0 saturated carbocycles. The maximum absolute atomic E-state index is 14.4. The van der Waals surface area contributed by atoms with Gasteiger partial charge in [-0.2, -0.15) is 0 Å². The number of anilines is 1. The lowest BCUT2D eigenvalue weighted by Crippen LogP contribution is -2.64. The molecule has 2 N–H and O–H groups in total. The molecule has 4 rings (SSSR count). The van der Waals surface area contributed by atoms with Crippen LogP contribution < -0.4 is 4.90 Å². The number of hydrogen-bond acceptors (Lipinski definition) is 4. The molecule has 2 heterocycles. The molecule has 0 atom stereocenters. The number of carboxylic acids is 1. The number of halogens is 2. The molecule has 3 aromatic rings. The van der Waals surface area contributed by atoms with Crippen LogP contribution in [-0.2, 0) is 4.79 Å². The molecule has 2 aromatic carbocycles. The largest absolute Gasteiger partial charge is 0.508 e. The molecule has 1 aromatic heterocycles. The van der Waals surface area contributed by atoms with E-state index >= 15 is 0 Å². The normalized spacial score (nSPS) is 15.6. The summed E-state index contributed by atoms with van der Waals surface area (Å²) in [6.45, 7) is 3.34. The molecule has 29 heavy (non-hydrogen) atoms. The van der Waals surface area contributed by atoms with Gasteiger partial charge in [-0.3, -0.25) is 0 Å². The van der Waals surface area contributed by atoms with Gasteiger partial charge >= 0.3 is 5.97 Å². The molecule has 7 heteroatoms. The van der Waals surface area contributed by atoms with Crippen molar-refractivity contribution in [3.63, 3.8) is 0 Å². The van der Waals surface area contributed by atoms with E-state index < -0.39 is 11.6 Å². The Balaban J connectivity index is 1.97. The van der Waals surface area contributed by atoms with Crippen LogP contribution in [0.25, 0.3) is 22.0 Å². The number of fused-ring (bicyclic) bond motifs is 1. The number of carbonyl (C=O) groups is 1. The van der Waals surface area contributed by atoms with Crippen molar-refractivity contribution in [3.8, 4) is 16.9 Å². The van der Waals surface area contributed by atoms with Gasteiger partial charge in [0.05, 0.1) is 18.6 Å². The number of pyridine rings is 1. The lowest BCUT2D eigenvalue weighted by molar-refractivity contribution is -0.152. The van der Waals surface area contributed by atoms with Crippen LogP contribution in [0, 0.1) is 5.82 Å². The van der Waals surface area contributed by atoms with Gasteiger partial charge in [0.15, 0.2) is 0 Å². The standard InChI is InChI=1S/C22H20F2N2O3/c1-12(2)18-19(13-3-5-14(23)6-4-13)16-8-7-15(27)9-17(16)25-20(18)26-10-22(24,11-26)21(28)29/h3-9,12,27H,10-11H2,1-2H3,(H,28,29). The Labute approximate surface area is 166 Å². The van der Waals surface area contributed by atoms with Crippen molar-refractivity contribution in [2.24, 2.45) is 0 Å². The minimum atomic E-state index is -2.31. The fourth-order valence-electron chi connectivity index (χ4n) is 3.81. The molecule has 1 aliphatic rings. The monoisotopic (exact) mass is 398 g/mol. The highest BCUT2D eigenvalue weighted by molar-refractivity contribution is 5.99. The molecule has 0 amide bonds. The Bertz CT molecular complexity index is 1110. The van der Waals surface area contributed by atoms with Gasteiger partial charge in [0.1, 0.15) is 17.4 Å². The fraction of sp³-hybridized carbons (Fsp3) is 0.273. The van der Waals surface area contributed by atoms with Crippen LogP contribution in [0.2, 0.25) is 0 Å². The maximum Gasteiger partial charge on any atom is 0.345 e. The van der Waals surface area contributed by atoms with Crippen molar-refractivity contribution in [2.45, 2.75) is 25.4 Å². The number of rotatable bonds is 4. The third-order valence-electron chi connectivity index (χ3n) is 5.26. The van der Waals surface area contributed by atoms with E-state index in [4.69, 9.17) is 5.11 Å². The highest BCUT2D eigenvalue weighted by Crippen LogP contribution is 2.43. The zero-order chi connectivity index (χ0) is 20.9. The van der Waals surface area contributed by atoms with Gasteiger partial charge in [-0.1, -0.05) is 26.0 Å². The van der Waals surface area contributed by atoms with Gasteiger partial charge in [-0.15, -0.1) is 0 Å². The van der Waals surface area contributed by atoms with Crippen molar-refractivity contribution in [1.29, 1.82) is 0 Å². The summed E-state index contributed by atoms with van der Waals surface area (Å²) in [7, 11) is 0. The third-order valence-corrected chi connectivity index (χ3v) is 5.26. The molecular formula is C22H20F2N2O3. The number of hydrogen-bond donors (Lipinski definition) is 2. The number of benzene rings is 2. The molecule has 0 aliphatic carbocycles. The quantitative estimate of drug-likeness (QED) is 0.678. The summed E-state index contributed by atoms with van der Waals surface area (Å²) in [5.74, 6) is -1.35. The zero-order valence-corrected chi connectivity index (χ0v) is 16.0. The van der Waals surface area contributed by atoms with Crippen LogP contribution in [0.3, 0.4) is 0 Å². The van der Waals surface area contributed by atoms with Crippen LogP contribution in [-0.4, -0.2) is 39.9 Å². The van der Waals surface area contributed by atoms with Gasteiger partial charge in [0.25, 0.3) is 0 Å². The Morgan fingerprint density at radius 2 is 1.83 bits per heavy atom. The molecule has 0 unspecified atom stereocenters. The molecular weight excluding hydrogens is 378 g/mol. The van der Waals surface area contributed by atoms with Crippen LogP contribution in [0.15, 0.2) is 42.5 Å². The second-order valence-corrected chi connectivity index (χ2v) is 7.71. The SMILES string of the molecule is CC(C)c1c(N2CC(F)(C(=O)O)C2)nc2cc(O)ccc2c1-c1ccc(F)cc1. The Morgan fingerprint density at radius 1 is 1.17 bits per heavy atom. The molecule has 150 valence electrons.